The van der Waals surface area contributed by atoms with Crippen molar-refractivity contribution in [1.82, 2.24) is 14.7 Å². The molecule has 0 radical (unpaired) electrons. The SMILES string of the molecule is CCCCN(CC(=O)Nc1cc(C(C)(C)C)nn1-c1ccccc1)C(=O)Nc1cccc(OC)c1. The van der Waals surface area contributed by atoms with Crippen LogP contribution in [0.5, 0.6) is 5.75 Å². The van der Waals surface area contributed by atoms with E-state index in [1.54, 1.807) is 36.1 Å². The van der Waals surface area contributed by atoms with Gasteiger partial charge in [-0.15, -0.1) is 0 Å². The fraction of sp³-hybridized carbons (Fsp3) is 0.370. The lowest BCUT2D eigenvalue weighted by Crippen LogP contribution is -2.41. The Bertz CT molecular complexity index is 1140. The van der Waals surface area contributed by atoms with Crippen molar-refractivity contribution in [2.75, 3.05) is 30.8 Å². The Balaban J connectivity index is 1.78. The van der Waals surface area contributed by atoms with E-state index in [4.69, 9.17) is 9.84 Å². The average Bonchev–Trinajstić information content (AvgIpc) is 3.26. The first kappa shape index (κ1) is 25.8. The van der Waals surface area contributed by atoms with Gasteiger partial charge in [-0.25, -0.2) is 9.48 Å². The second kappa shape index (κ2) is 11.6. The van der Waals surface area contributed by atoms with E-state index >= 15 is 0 Å². The lowest BCUT2D eigenvalue weighted by molar-refractivity contribution is -0.116. The molecule has 2 aromatic carbocycles. The third-order valence-corrected chi connectivity index (χ3v) is 5.47. The largest absolute Gasteiger partial charge is 0.497 e. The molecular formula is C27H35N5O3. The summed E-state index contributed by atoms with van der Waals surface area (Å²) in [5, 5.41) is 10.6. The molecule has 0 atom stereocenters. The number of anilines is 2. The lowest BCUT2D eigenvalue weighted by Gasteiger charge is -2.22. The maximum Gasteiger partial charge on any atom is 0.322 e. The molecule has 0 bridgehead atoms. The first-order valence-electron chi connectivity index (χ1n) is 11.9. The Labute approximate surface area is 207 Å². The number of carbonyl (C=O) groups is 2. The van der Waals surface area contributed by atoms with E-state index in [2.05, 4.69) is 31.4 Å². The van der Waals surface area contributed by atoms with Crippen LogP contribution >= 0.6 is 0 Å². The van der Waals surface area contributed by atoms with Gasteiger partial charge in [0.25, 0.3) is 0 Å². The number of hydrogen-bond acceptors (Lipinski definition) is 4. The predicted molar refractivity (Wildman–Crippen MR) is 139 cm³/mol. The number of carbonyl (C=O) groups excluding carboxylic acids is 2. The van der Waals surface area contributed by atoms with Gasteiger partial charge in [-0.05, 0) is 30.7 Å². The standard InChI is InChI=1S/C27H35N5O3/c1-6-7-16-31(26(34)28-20-12-11-15-22(17-20)35-5)19-25(33)29-24-18-23(27(2,3)4)30-32(24)21-13-9-8-10-14-21/h8-15,17-18H,6-7,16,19H2,1-5H3,(H,28,34)(H,29,33). The van der Waals surface area contributed by atoms with Crippen LogP contribution in [-0.4, -0.2) is 46.8 Å². The molecule has 186 valence electrons. The van der Waals surface area contributed by atoms with Crippen molar-refractivity contribution in [3.05, 3.63) is 66.4 Å². The van der Waals surface area contributed by atoms with Crippen molar-refractivity contribution in [2.24, 2.45) is 0 Å². The number of benzene rings is 2. The molecule has 0 saturated carbocycles. The van der Waals surface area contributed by atoms with E-state index in [1.165, 1.54) is 4.90 Å². The van der Waals surface area contributed by atoms with Gasteiger partial charge in [0.15, 0.2) is 0 Å². The van der Waals surface area contributed by atoms with Crippen molar-refractivity contribution in [3.8, 4) is 11.4 Å². The number of para-hydroxylation sites is 1. The minimum atomic E-state index is -0.339. The van der Waals surface area contributed by atoms with Gasteiger partial charge in [-0.2, -0.15) is 5.10 Å². The summed E-state index contributed by atoms with van der Waals surface area (Å²) in [5.74, 6) is 0.915. The average molecular weight is 478 g/mol. The van der Waals surface area contributed by atoms with Crippen LogP contribution in [0, 0.1) is 0 Å². The number of nitrogens with zero attached hydrogens (tertiary/aromatic N) is 3. The number of nitrogens with one attached hydrogen (secondary N) is 2. The molecule has 1 aromatic heterocycles. The minimum Gasteiger partial charge on any atom is -0.497 e. The Kier molecular flexibility index (Phi) is 8.52. The van der Waals surface area contributed by atoms with E-state index in [-0.39, 0.29) is 23.9 Å². The van der Waals surface area contributed by atoms with Crippen molar-refractivity contribution >= 4 is 23.4 Å². The van der Waals surface area contributed by atoms with Gasteiger partial charge in [0, 0.05) is 29.8 Å². The van der Waals surface area contributed by atoms with Crippen LogP contribution in [0.15, 0.2) is 60.7 Å². The summed E-state index contributed by atoms with van der Waals surface area (Å²) in [4.78, 5) is 27.6. The number of aromatic nitrogens is 2. The number of amides is 3. The normalized spacial score (nSPS) is 11.1. The van der Waals surface area contributed by atoms with Gasteiger partial charge < -0.3 is 20.3 Å². The molecule has 0 fully saturated rings. The van der Waals surface area contributed by atoms with Crippen molar-refractivity contribution in [3.63, 3.8) is 0 Å². The smallest absolute Gasteiger partial charge is 0.322 e. The summed E-state index contributed by atoms with van der Waals surface area (Å²) in [6.07, 6.45) is 1.69. The third kappa shape index (κ3) is 7.09. The molecule has 8 nitrogen and oxygen atoms in total. The van der Waals surface area contributed by atoms with Gasteiger partial charge >= 0.3 is 6.03 Å². The number of rotatable bonds is 9. The number of methoxy groups -OCH3 is 1. The zero-order valence-corrected chi connectivity index (χ0v) is 21.2. The Morgan fingerprint density at radius 2 is 1.77 bits per heavy atom. The molecule has 0 spiro atoms. The van der Waals surface area contributed by atoms with Gasteiger partial charge in [0.2, 0.25) is 5.91 Å². The monoisotopic (exact) mass is 477 g/mol. The maximum atomic E-state index is 13.1. The highest BCUT2D eigenvalue weighted by atomic mass is 16.5. The van der Waals surface area contributed by atoms with Crippen LogP contribution in [0.4, 0.5) is 16.3 Å². The molecule has 3 aromatic rings. The zero-order valence-electron chi connectivity index (χ0n) is 21.2. The first-order chi connectivity index (χ1) is 16.7. The van der Waals surface area contributed by atoms with Crippen LogP contribution in [0.1, 0.15) is 46.2 Å². The molecule has 1 heterocycles. The van der Waals surface area contributed by atoms with E-state index in [9.17, 15) is 9.59 Å². The molecule has 0 saturated heterocycles. The molecular weight excluding hydrogens is 442 g/mol. The van der Waals surface area contributed by atoms with Gasteiger partial charge in [-0.1, -0.05) is 58.4 Å². The highest BCUT2D eigenvalue weighted by Gasteiger charge is 2.23. The molecule has 0 aliphatic heterocycles. The van der Waals surface area contributed by atoms with Crippen LogP contribution in [0.25, 0.3) is 5.69 Å². The van der Waals surface area contributed by atoms with Crippen molar-refractivity contribution in [2.45, 2.75) is 46.0 Å². The summed E-state index contributed by atoms with van der Waals surface area (Å²) >= 11 is 0. The minimum absolute atomic E-state index is 0.0827. The molecule has 0 aliphatic rings. The van der Waals surface area contributed by atoms with Crippen LogP contribution < -0.4 is 15.4 Å². The zero-order chi connectivity index (χ0) is 25.4. The molecule has 35 heavy (non-hydrogen) atoms. The quantitative estimate of drug-likeness (QED) is 0.429. The maximum absolute atomic E-state index is 13.1. The number of ether oxygens (including phenoxy) is 1. The van der Waals surface area contributed by atoms with Crippen LogP contribution in [-0.2, 0) is 10.2 Å². The topological polar surface area (TPSA) is 88.5 Å². The molecule has 3 amide bonds. The van der Waals surface area contributed by atoms with E-state index in [0.717, 1.165) is 24.2 Å². The summed E-state index contributed by atoms with van der Waals surface area (Å²) in [7, 11) is 1.57. The summed E-state index contributed by atoms with van der Waals surface area (Å²) in [6.45, 7) is 8.65. The highest BCUT2D eigenvalue weighted by Crippen LogP contribution is 2.26. The highest BCUT2D eigenvalue weighted by molar-refractivity contribution is 5.96. The molecule has 2 N–H and O–H groups in total. The van der Waals surface area contributed by atoms with Crippen LogP contribution in [0.3, 0.4) is 0 Å². The Morgan fingerprint density at radius 1 is 1.03 bits per heavy atom. The third-order valence-electron chi connectivity index (χ3n) is 5.47. The molecule has 3 rings (SSSR count). The molecule has 8 heteroatoms. The fourth-order valence-corrected chi connectivity index (χ4v) is 3.46. The van der Waals surface area contributed by atoms with Gasteiger partial charge in [-0.3, -0.25) is 4.79 Å². The number of hydrogen-bond donors (Lipinski definition) is 2. The summed E-state index contributed by atoms with van der Waals surface area (Å²) in [5.41, 5.74) is 2.11. The van der Waals surface area contributed by atoms with Gasteiger partial charge in [0.05, 0.1) is 18.5 Å². The van der Waals surface area contributed by atoms with Crippen molar-refractivity contribution < 1.29 is 14.3 Å². The fourth-order valence-electron chi connectivity index (χ4n) is 3.46. The first-order valence-corrected chi connectivity index (χ1v) is 11.9. The molecule has 0 unspecified atom stereocenters. The van der Waals surface area contributed by atoms with Crippen LogP contribution in [0.2, 0.25) is 0 Å². The number of urea groups is 1. The molecule has 0 aliphatic carbocycles. The summed E-state index contributed by atoms with van der Waals surface area (Å²) < 4.78 is 6.96. The lowest BCUT2D eigenvalue weighted by atomic mass is 9.92. The second-order valence-corrected chi connectivity index (χ2v) is 9.40. The van der Waals surface area contributed by atoms with E-state index in [1.807, 2.05) is 43.3 Å². The van der Waals surface area contributed by atoms with E-state index in [0.29, 0.717) is 23.8 Å². The number of unbranched alkanes of at least 4 members (excludes halogenated alkanes) is 1. The second-order valence-electron chi connectivity index (χ2n) is 9.40. The Morgan fingerprint density at radius 3 is 2.43 bits per heavy atom. The van der Waals surface area contributed by atoms with E-state index < -0.39 is 0 Å². The van der Waals surface area contributed by atoms with Gasteiger partial charge in [0.1, 0.15) is 18.1 Å². The Hall–Kier alpha value is -3.81. The summed E-state index contributed by atoms with van der Waals surface area (Å²) in [6, 6.07) is 18.3. The predicted octanol–water partition coefficient (Wildman–Crippen LogP) is 5.45. The van der Waals surface area contributed by atoms with Crippen molar-refractivity contribution in [1.29, 1.82) is 0 Å².